The Morgan fingerprint density at radius 3 is 2.75 bits per heavy atom. The van der Waals surface area contributed by atoms with Crippen molar-refractivity contribution in [3.63, 3.8) is 0 Å². The van der Waals surface area contributed by atoms with Crippen molar-refractivity contribution in [2.75, 3.05) is 25.0 Å². The molecule has 0 radical (unpaired) electrons. The average molecular weight is 327 g/mol. The molecule has 1 aromatic carbocycles. The van der Waals surface area contributed by atoms with Crippen molar-refractivity contribution in [1.82, 2.24) is 10.2 Å². The number of piperidine rings is 1. The molecule has 0 unspecified atom stereocenters. The van der Waals surface area contributed by atoms with Crippen LogP contribution < -0.4 is 10.6 Å². The Labute approximate surface area is 143 Å². The number of nitrogens with one attached hydrogen (secondary N) is 2. The normalized spacial score (nSPS) is 16.5. The number of likely N-dealkylation sites (tertiary alicyclic amines) is 1. The van der Waals surface area contributed by atoms with Crippen LogP contribution in [0.4, 0.5) is 10.5 Å². The standard InChI is InChI=1S/C19H25N3O2/c1-15-7-5-8-16(13-15)21-19(23)20-14-17(18-9-6-12-24-18)22-10-3-2-4-11-22/h5-9,12-13,17H,2-4,10-11,14H2,1H3,(H2,20,21,23)/t17-/m0/s1. The van der Waals surface area contributed by atoms with Crippen LogP contribution in [0.5, 0.6) is 0 Å². The second-order valence-corrected chi connectivity index (χ2v) is 6.33. The summed E-state index contributed by atoms with van der Waals surface area (Å²) in [6.07, 6.45) is 5.38. The highest BCUT2D eigenvalue weighted by molar-refractivity contribution is 5.89. The first-order chi connectivity index (χ1) is 11.7. The Bertz CT molecular complexity index is 648. The van der Waals surface area contributed by atoms with Gasteiger partial charge < -0.3 is 15.1 Å². The van der Waals surface area contributed by atoms with Crippen LogP contribution in [-0.2, 0) is 0 Å². The van der Waals surface area contributed by atoms with E-state index in [0.717, 1.165) is 30.1 Å². The van der Waals surface area contributed by atoms with E-state index >= 15 is 0 Å². The number of hydrogen-bond acceptors (Lipinski definition) is 3. The molecule has 0 bridgehead atoms. The van der Waals surface area contributed by atoms with Crippen LogP contribution in [0.15, 0.2) is 47.1 Å². The van der Waals surface area contributed by atoms with E-state index in [2.05, 4.69) is 15.5 Å². The highest BCUT2D eigenvalue weighted by atomic mass is 16.3. The molecule has 1 aromatic heterocycles. The number of aryl methyl sites for hydroxylation is 1. The first-order valence-electron chi connectivity index (χ1n) is 8.61. The number of carbonyl (C=O) groups excluding carboxylic acids is 1. The molecular weight excluding hydrogens is 302 g/mol. The number of amides is 2. The smallest absolute Gasteiger partial charge is 0.319 e. The molecule has 128 valence electrons. The van der Waals surface area contributed by atoms with Gasteiger partial charge in [-0.25, -0.2) is 4.79 Å². The highest BCUT2D eigenvalue weighted by Crippen LogP contribution is 2.24. The van der Waals surface area contributed by atoms with Crippen molar-refractivity contribution in [2.24, 2.45) is 0 Å². The summed E-state index contributed by atoms with van der Waals surface area (Å²) in [5.41, 5.74) is 1.93. The van der Waals surface area contributed by atoms with Crippen molar-refractivity contribution in [1.29, 1.82) is 0 Å². The van der Waals surface area contributed by atoms with Crippen LogP contribution in [0, 0.1) is 6.92 Å². The number of furan rings is 1. The monoisotopic (exact) mass is 327 g/mol. The molecule has 1 aliphatic heterocycles. The third kappa shape index (κ3) is 4.38. The summed E-state index contributed by atoms with van der Waals surface area (Å²) in [5, 5.41) is 5.87. The Morgan fingerprint density at radius 2 is 2.04 bits per heavy atom. The van der Waals surface area contributed by atoms with Crippen molar-refractivity contribution in [3.05, 3.63) is 54.0 Å². The first-order valence-corrected chi connectivity index (χ1v) is 8.61. The van der Waals surface area contributed by atoms with Gasteiger partial charge in [-0.3, -0.25) is 4.90 Å². The zero-order valence-corrected chi connectivity index (χ0v) is 14.1. The zero-order chi connectivity index (χ0) is 16.8. The molecule has 1 atom stereocenters. The molecule has 2 heterocycles. The average Bonchev–Trinajstić information content (AvgIpc) is 3.10. The van der Waals surface area contributed by atoms with Crippen molar-refractivity contribution >= 4 is 11.7 Å². The molecule has 2 aromatic rings. The molecular formula is C19H25N3O2. The van der Waals surface area contributed by atoms with E-state index in [0.29, 0.717) is 6.54 Å². The lowest BCUT2D eigenvalue weighted by atomic mass is 10.1. The van der Waals surface area contributed by atoms with Crippen LogP contribution >= 0.6 is 0 Å². The van der Waals surface area contributed by atoms with Gasteiger partial charge in [0.05, 0.1) is 12.3 Å². The molecule has 1 saturated heterocycles. The number of nitrogens with zero attached hydrogens (tertiary/aromatic N) is 1. The summed E-state index contributed by atoms with van der Waals surface area (Å²) in [7, 11) is 0. The first kappa shape index (κ1) is 16.6. The maximum Gasteiger partial charge on any atom is 0.319 e. The van der Waals surface area contributed by atoms with Crippen molar-refractivity contribution in [3.8, 4) is 0 Å². The lowest BCUT2D eigenvalue weighted by molar-refractivity contribution is 0.144. The molecule has 5 nitrogen and oxygen atoms in total. The van der Waals surface area contributed by atoms with Gasteiger partial charge in [-0.2, -0.15) is 0 Å². The van der Waals surface area contributed by atoms with E-state index < -0.39 is 0 Å². The van der Waals surface area contributed by atoms with Gasteiger partial charge in [0.2, 0.25) is 0 Å². The summed E-state index contributed by atoms with van der Waals surface area (Å²) >= 11 is 0. The van der Waals surface area contributed by atoms with Gasteiger partial charge in [-0.05, 0) is 62.7 Å². The number of anilines is 1. The Balaban J connectivity index is 1.59. The highest BCUT2D eigenvalue weighted by Gasteiger charge is 2.24. The fourth-order valence-corrected chi connectivity index (χ4v) is 3.21. The number of benzene rings is 1. The number of carbonyl (C=O) groups is 1. The van der Waals surface area contributed by atoms with E-state index in [9.17, 15) is 4.79 Å². The number of rotatable bonds is 5. The van der Waals surface area contributed by atoms with Crippen molar-refractivity contribution < 1.29 is 9.21 Å². The predicted octanol–water partition coefficient (Wildman–Crippen LogP) is 3.94. The molecule has 0 saturated carbocycles. The molecule has 0 aliphatic carbocycles. The zero-order valence-electron chi connectivity index (χ0n) is 14.1. The minimum atomic E-state index is -0.186. The van der Waals surface area contributed by atoms with Gasteiger partial charge in [0.15, 0.2) is 0 Å². The maximum atomic E-state index is 12.2. The summed E-state index contributed by atoms with van der Waals surface area (Å²) in [5.74, 6) is 0.910. The fraction of sp³-hybridized carbons (Fsp3) is 0.421. The molecule has 1 fully saturated rings. The third-order valence-electron chi connectivity index (χ3n) is 4.43. The van der Waals surface area contributed by atoms with Crippen LogP contribution in [0.3, 0.4) is 0 Å². The summed E-state index contributed by atoms with van der Waals surface area (Å²) in [4.78, 5) is 14.6. The summed E-state index contributed by atoms with van der Waals surface area (Å²) < 4.78 is 5.60. The topological polar surface area (TPSA) is 57.5 Å². The Hall–Kier alpha value is -2.27. The SMILES string of the molecule is Cc1cccc(NC(=O)NC[C@@H](c2ccco2)N2CCCCC2)c1. The van der Waals surface area contributed by atoms with Gasteiger partial charge in [0.1, 0.15) is 5.76 Å². The molecule has 24 heavy (non-hydrogen) atoms. The summed E-state index contributed by atoms with van der Waals surface area (Å²) in [6.45, 7) is 4.64. The quantitative estimate of drug-likeness (QED) is 0.874. The van der Waals surface area contributed by atoms with E-state index in [1.807, 2.05) is 43.3 Å². The van der Waals surface area contributed by atoms with Gasteiger partial charge in [0, 0.05) is 12.2 Å². The Morgan fingerprint density at radius 1 is 1.21 bits per heavy atom. The van der Waals surface area contributed by atoms with E-state index in [1.54, 1.807) is 6.26 Å². The van der Waals surface area contributed by atoms with Crippen LogP contribution in [-0.4, -0.2) is 30.6 Å². The van der Waals surface area contributed by atoms with Crippen molar-refractivity contribution in [2.45, 2.75) is 32.2 Å². The molecule has 0 spiro atoms. The fourth-order valence-electron chi connectivity index (χ4n) is 3.21. The van der Waals surface area contributed by atoms with E-state index in [1.165, 1.54) is 19.3 Å². The predicted molar refractivity (Wildman–Crippen MR) is 95.1 cm³/mol. The molecule has 1 aliphatic rings. The van der Waals surface area contributed by atoms with Gasteiger partial charge >= 0.3 is 6.03 Å². The van der Waals surface area contributed by atoms with E-state index in [-0.39, 0.29) is 12.1 Å². The summed E-state index contributed by atoms with van der Waals surface area (Å²) in [6, 6.07) is 11.6. The van der Waals surface area contributed by atoms with Crippen LogP contribution in [0.2, 0.25) is 0 Å². The van der Waals surface area contributed by atoms with Gasteiger partial charge in [-0.1, -0.05) is 18.6 Å². The Kier molecular flexibility index (Phi) is 5.54. The molecule has 2 amide bonds. The third-order valence-corrected chi connectivity index (χ3v) is 4.43. The second-order valence-electron chi connectivity index (χ2n) is 6.33. The molecule has 2 N–H and O–H groups in total. The number of hydrogen-bond donors (Lipinski definition) is 2. The lowest BCUT2D eigenvalue weighted by Crippen LogP contribution is -2.41. The maximum absolute atomic E-state index is 12.2. The minimum Gasteiger partial charge on any atom is -0.468 e. The molecule has 3 rings (SSSR count). The van der Waals surface area contributed by atoms with E-state index in [4.69, 9.17) is 4.42 Å². The van der Waals surface area contributed by atoms with Crippen LogP contribution in [0.25, 0.3) is 0 Å². The second kappa shape index (κ2) is 8.02. The lowest BCUT2D eigenvalue weighted by Gasteiger charge is -2.33. The minimum absolute atomic E-state index is 0.0866. The number of urea groups is 1. The molecule has 5 heteroatoms. The van der Waals surface area contributed by atoms with Gasteiger partial charge in [0.25, 0.3) is 0 Å². The largest absolute Gasteiger partial charge is 0.468 e. The van der Waals surface area contributed by atoms with Crippen LogP contribution in [0.1, 0.15) is 36.6 Å². The van der Waals surface area contributed by atoms with Gasteiger partial charge in [-0.15, -0.1) is 0 Å².